The quantitative estimate of drug-likeness (QED) is 0.288. The van der Waals surface area contributed by atoms with Crippen LogP contribution in [0.5, 0.6) is 0 Å². The van der Waals surface area contributed by atoms with E-state index in [1.54, 1.807) is 0 Å². The van der Waals surface area contributed by atoms with Crippen LogP contribution in [0, 0.1) is 0 Å². The van der Waals surface area contributed by atoms with Gasteiger partial charge in [0.15, 0.2) is 0 Å². The van der Waals surface area contributed by atoms with Crippen LogP contribution in [0.4, 0.5) is 0 Å². The maximum Gasteiger partial charge on any atom is 1.00 e. The van der Waals surface area contributed by atoms with Crippen molar-refractivity contribution in [2.75, 3.05) is 0 Å². The van der Waals surface area contributed by atoms with E-state index in [1.807, 2.05) is 0 Å². The predicted molar refractivity (Wildman–Crippen MR) is 14.6 cm³/mol. The zero-order valence-electron chi connectivity index (χ0n) is 6.27. The Balaban J connectivity index is -0.00000000450. The number of hydrogen-bond donors (Lipinski definition) is 3. The summed E-state index contributed by atoms with van der Waals surface area (Å²) in [4.78, 5) is 0. The largest absolute Gasteiger partial charge is 1.00 e. The first-order valence-electron chi connectivity index (χ1n) is 0.775. The van der Waals surface area contributed by atoms with Crippen LogP contribution in [-0.4, -0.2) is 22.4 Å². The van der Waals surface area contributed by atoms with E-state index in [4.69, 9.17) is 15.1 Å². The van der Waals surface area contributed by atoms with Gasteiger partial charge in [0.1, 0.15) is 0 Å². The van der Waals surface area contributed by atoms with Crippen molar-refractivity contribution in [3.63, 3.8) is 0 Å². The van der Waals surface area contributed by atoms with Gasteiger partial charge in [-0.05, 0) is 0 Å². The average Bonchev–Trinajstić information content (AvgIpc) is 0.811. The first-order valence-corrected chi connectivity index (χ1v) is 0.775. The monoisotopic (exact) mass is 134 g/mol. The average molecular weight is 134 g/mol. The Bertz CT molecular complexity index is 24.5. The van der Waals surface area contributed by atoms with E-state index in [-0.39, 0.29) is 57.6 Å². The molecule has 3 nitrogen and oxygen atoms in total. The molecule has 0 heterocycles. The molecule has 0 aromatic heterocycles. The molecule has 0 amide bonds. The first-order chi connectivity index (χ1) is 1.73. The fourth-order valence-electron chi connectivity index (χ4n) is 0. The van der Waals surface area contributed by atoms with E-state index in [2.05, 4.69) is 0 Å². The second kappa shape index (κ2) is 15.6. The third-order valence-electron chi connectivity index (χ3n) is 0. The molecule has 0 rings (SSSR count). The Hall–Kier alpha value is 1.66. The van der Waals surface area contributed by atoms with E-state index in [0.29, 0.717) is 0 Å². The molecule has 0 aromatic rings. The molecule has 0 spiro atoms. The van der Waals surface area contributed by atoms with Crippen LogP contribution in [0.2, 0.25) is 0 Å². The summed E-state index contributed by atoms with van der Waals surface area (Å²) >= 11 is 0. The molecule has 0 aliphatic heterocycles. The van der Waals surface area contributed by atoms with Crippen molar-refractivity contribution >= 4 is 7.32 Å². The van der Waals surface area contributed by atoms with Crippen LogP contribution < -0.4 is 37.7 Å². The molecule has 3 N–H and O–H groups in total. The maximum atomic E-state index is 7.17. The number of hydrogen-bond acceptors (Lipinski definition) is 3. The fraction of sp³-hybridized carbons (Fsp3) is 0. The molecule has 0 bridgehead atoms. The van der Waals surface area contributed by atoms with Gasteiger partial charge < -0.3 is 17.9 Å². The van der Waals surface area contributed by atoms with Crippen LogP contribution in [0.25, 0.3) is 0 Å². The molecule has 0 radical (unpaired) electrons. The van der Waals surface area contributed by atoms with Gasteiger partial charge >= 0.3 is 45.0 Å². The Morgan fingerprint density at radius 2 is 1.00 bits per heavy atom. The summed E-state index contributed by atoms with van der Waals surface area (Å²) < 4.78 is 0. The summed E-state index contributed by atoms with van der Waals surface area (Å²) in [5.74, 6) is 0. The molecule has 0 aliphatic rings. The summed E-state index contributed by atoms with van der Waals surface area (Å²) in [5.41, 5.74) is 0. The Labute approximate surface area is 79.8 Å². The summed E-state index contributed by atoms with van der Waals surface area (Å²) in [6.07, 6.45) is 0. The molecule has 7 heteroatoms. The van der Waals surface area contributed by atoms with Gasteiger partial charge in [-0.3, -0.25) is 0 Å². The fourth-order valence-corrected chi connectivity index (χ4v) is 0. The zero-order chi connectivity index (χ0) is 3.58. The van der Waals surface area contributed by atoms with Crippen molar-refractivity contribution in [1.29, 1.82) is 0 Å². The molecular formula is H5BFeLi2O3. The van der Waals surface area contributed by atoms with Crippen molar-refractivity contribution in [2.24, 2.45) is 0 Å². The van der Waals surface area contributed by atoms with E-state index in [1.165, 1.54) is 0 Å². The minimum Gasteiger partial charge on any atom is -1.00 e. The topological polar surface area (TPSA) is 60.7 Å². The summed E-state index contributed by atoms with van der Waals surface area (Å²) in [6, 6.07) is 0. The first kappa shape index (κ1) is 23.4. The second-order valence-electron chi connectivity index (χ2n) is 0.346. The van der Waals surface area contributed by atoms with Crippen molar-refractivity contribution in [3.8, 4) is 0 Å². The van der Waals surface area contributed by atoms with E-state index < -0.39 is 7.32 Å². The third-order valence-corrected chi connectivity index (χ3v) is 0. The van der Waals surface area contributed by atoms with Gasteiger partial charge in [-0.1, -0.05) is 0 Å². The Morgan fingerprint density at radius 3 is 1.00 bits per heavy atom. The molecular weight excluding hydrogens is 129 g/mol. The summed E-state index contributed by atoms with van der Waals surface area (Å²) in [5, 5.41) is 21.5. The van der Waals surface area contributed by atoms with Crippen LogP contribution >= 0.6 is 0 Å². The molecule has 7 heavy (non-hydrogen) atoms. The molecule has 0 aliphatic carbocycles. The minimum absolute atomic E-state index is 0. The minimum atomic E-state index is -2.17. The van der Waals surface area contributed by atoms with Gasteiger partial charge in [-0.25, -0.2) is 0 Å². The van der Waals surface area contributed by atoms with E-state index >= 15 is 0 Å². The van der Waals surface area contributed by atoms with Crippen molar-refractivity contribution in [3.05, 3.63) is 0 Å². The molecule has 0 aromatic carbocycles. The van der Waals surface area contributed by atoms with Crippen molar-refractivity contribution in [1.82, 2.24) is 0 Å². The second-order valence-corrected chi connectivity index (χ2v) is 0.346. The molecule has 0 saturated carbocycles. The van der Waals surface area contributed by atoms with Crippen molar-refractivity contribution < 1.29 is 72.7 Å². The van der Waals surface area contributed by atoms with Gasteiger partial charge in [-0.15, -0.1) is 0 Å². The van der Waals surface area contributed by atoms with Gasteiger partial charge in [0.2, 0.25) is 0 Å². The van der Waals surface area contributed by atoms with Gasteiger partial charge in [0.25, 0.3) is 0 Å². The predicted octanol–water partition coefficient (Wildman–Crippen LogP) is -7.82. The number of rotatable bonds is 0. The Morgan fingerprint density at radius 1 is 1.00 bits per heavy atom. The van der Waals surface area contributed by atoms with E-state index in [9.17, 15) is 0 Å². The molecule has 36 valence electrons. The van der Waals surface area contributed by atoms with Crippen LogP contribution in [0.1, 0.15) is 2.85 Å². The normalized spacial score (nSPS) is 3.86. The van der Waals surface area contributed by atoms with Gasteiger partial charge in [-0.2, -0.15) is 0 Å². The summed E-state index contributed by atoms with van der Waals surface area (Å²) in [6.45, 7) is 0. The van der Waals surface area contributed by atoms with Crippen LogP contribution in [0.3, 0.4) is 0 Å². The van der Waals surface area contributed by atoms with Gasteiger partial charge in [0, 0.05) is 17.1 Å². The smallest absolute Gasteiger partial charge is 1.00 e. The summed E-state index contributed by atoms with van der Waals surface area (Å²) in [7, 11) is -2.17. The van der Waals surface area contributed by atoms with Gasteiger partial charge in [0.05, 0.1) is 0 Å². The Kier molecular flexibility index (Phi) is 52.3. The van der Waals surface area contributed by atoms with Crippen LogP contribution in [-0.2, 0) is 17.1 Å². The van der Waals surface area contributed by atoms with Crippen LogP contribution in [0.15, 0.2) is 0 Å². The molecule has 0 unspecified atom stereocenters. The molecule has 0 fully saturated rings. The van der Waals surface area contributed by atoms with E-state index in [0.717, 1.165) is 0 Å². The molecule has 0 saturated heterocycles. The standard InChI is InChI=1S/BH3O3.Fe.2Li.2H/c2-1(3)4;;;;;/h2-4H;;;;;/q;;2*+1;2*-1. The van der Waals surface area contributed by atoms with Crippen molar-refractivity contribution in [2.45, 2.75) is 0 Å². The third kappa shape index (κ3) is 89.1. The maximum absolute atomic E-state index is 7.17. The zero-order valence-corrected chi connectivity index (χ0v) is 5.38. The molecule has 0 atom stereocenters. The SMILES string of the molecule is OB(O)O.[Fe].[H-].[H-].[Li+].[Li+].